The molecular weight excluding hydrogens is 781 g/mol. The molecule has 11 heteroatoms. The second kappa shape index (κ2) is 20.4. The fraction of sp³-hybridized carbons (Fsp3) is 0.471. The molecule has 1 aliphatic carbocycles. The standard InChI is InChI=1S/C51H64N4O7/c1-33-45(31-55-43-17-10-9-15-38(43)26-27-44(55)47(57)54-51(2,3)4)61-49(62-46(33)39-20-18-35(32-56)19-21-39)40-24-22-37(23-25-40)41-16-11-14-36(28-41)30-52-50(59)53-42(48(58)60-5)29-34-12-7-6-8-13-34/h6-8,11-14,16,18-25,28,33,38,42-46,49,56H,9-10,15,17,26-27,29-32H2,1-5H3,(H,54,57)(H2,52,53,59). The number of amides is 3. The molecule has 0 spiro atoms. The van der Waals surface area contributed by atoms with Gasteiger partial charge in [0.15, 0.2) is 6.29 Å². The van der Waals surface area contributed by atoms with Gasteiger partial charge in [0, 0.05) is 42.6 Å². The minimum atomic E-state index is -0.823. The summed E-state index contributed by atoms with van der Waals surface area (Å²) in [5, 5.41) is 18.7. The van der Waals surface area contributed by atoms with Gasteiger partial charge in [-0.05, 0) is 91.8 Å². The lowest BCUT2D eigenvalue weighted by molar-refractivity contribution is -0.278. The lowest BCUT2D eigenvalue weighted by Crippen LogP contribution is -2.61. The van der Waals surface area contributed by atoms with Crippen molar-refractivity contribution >= 4 is 17.9 Å². The number of aliphatic hydroxyl groups excluding tert-OH is 1. The molecule has 3 aliphatic rings. The molecule has 2 heterocycles. The van der Waals surface area contributed by atoms with Gasteiger partial charge in [-0.1, -0.05) is 117 Å². The first kappa shape index (κ1) is 45.0. The number of rotatable bonds is 13. The lowest BCUT2D eigenvalue weighted by Gasteiger charge is -2.51. The van der Waals surface area contributed by atoms with E-state index < -0.39 is 24.3 Å². The number of esters is 1. The monoisotopic (exact) mass is 844 g/mol. The molecule has 2 aliphatic heterocycles. The SMILES string of the molecule is COC(=O)C(Cc1ccccc1)NC(=O)NCc1cccc(-c2ccc(C3OC(CN4C(C(=O)NC(C)(C)C)CCC5CCCCC54)C(C)C(c4ccc(CO)cc4)O3)cc2)c1. The molecule has 0 aromatic heterocycles. The highest BCUT2D eigenvalue weighted by molar-refractivity contribution is 5.84. The average molecular weight is 845 g/mol. The van der Waals surface area contributed by atoms with E-state index in [1.165, 1.54) is 26.4 Å². The maximum Gasteiger partial charge on any atom is 0.328 e. The van der Waals surface area contributed by atoms with Crippen molar-refractivity contribution in [3.63, 3.8) is 0 Å². The molecule has 4 aromatic rings. The minimum Gasteiger partial charge on any atom is -0.467 e. The number of carbonyl (C=O) groups is 3. The van der Waals surface area contributed by atoms with Crippen LogP contribution in [0.15, 0.2) is 103 Å². The van der Waals surface area contributed by atoms with Gasteiger partial charge in [0.1, 0.15) is 6.04 Å². The molecule has 2 saturated heterocycles. The molecule has 62 heavy (non-hydrogen) atoms. The molecule has 11 nitrogen and oxygen atoms in total. The maximum atomic E-state index is 13.9. The number of methoxy groups -OCH3 is 1. The molecule has 330 valence electrons. The van der Waals surface area contributed by atoms with Gasteiger partial charge in [-0.15, -0.1) is 0 Å². The second-order valence-electron chi connectivity index (χ2n) is 18.4. The van der Waals surface area contributed by atoms with E-state index >= 15 is 0 Å². The number of piperidine rings is 1. The molecule has 0 bridgehead atoms. The summed E-state index contributed by atoms with van der Waals surface area (Å²) in [6.07, 6.45) is 5.80. The Labute approximate surface area is 366 Å². The third-order valence-electron chi connectivity index (χ3n) is 12.8. The molecule has 0 radical (unpaired) electrons. The third-order valence-corrected chi connectivity index (χ3v) is 12.8. The topological polar surface area (TPSA) is 138 Å². The number of likely N-dealkylation sites (tertiary alicyclic amines) is 1. The Morgan fingerprint density at radius 1 is 0.806 bits per heavy atom. The highest BCUT2D eigenvalue weighted by Crippen LogP contribution is 2.44. The Morgan fingerprint density at radius 2 is 1.52 bits per heavy atom. The first-order valence-electron chi connectivity index (χ1n) is 22.3. The zero-order valence-electron chi connectivity index (χ0n) is 36.8. The van der Waals surface area contributed by atoms with Crippen LogP contribution in [0, 0.1) is 11.8 Å². The third kappa shape index (κ3) is 11.3. The fourth-order valence-corrected chi connectivity index (χ4v) is 9.53. The van der Waals surface area contributed by atoms with Crippen LogP contribution >= 0.6 is 0 Å². The van der Waals surface area contributed by atoms with Crippen molar-refractivity contribution in [2.24, 2.45) is 11.8 Å². The smallest absolute Gasteiger partial charge is 0.328 e. The Bertz CT molecular complexity index is 2110. The highest BCUT2D eigenvalue weighted by Gasteiger charge is 2.46. The van der Waals surface area contributed by atoms with Gasteiger partial charge in [0.05, 0.1) is 32.0 Å². The van der Waals surface area contributed by atoms with Gasteiger partial charge in [0.25, 0.3) is 0 Å². The van der Waals surface area contributed by atoms with Gasteiger partial charge in [-0.3, -0.25) is 9.69 Å². The van der Waals surface area contributed by atoms with Crippen LogP contribution in [0.1, 0.15) is 106 Å². The van der Waals surface area contributed by atoms with Crippen molar-refractivity contribution in [2.45, 2.75) is 128 Å². The van der Waals surface area contributed by atoms with Crippen molar-refractivity contribution < 1.29 is 33.7 Å². The Balaban J connectivity index is 1.07. The van der Waals surface area contributed by atoms with Crippen LogP contribution in [0.25, 0.3) is 11.1 Å². The van der Waals surface area contributed by atoms with E-state index in [0.717, 1.165) is 58.2 Å². The largest absolute Gasteiger partial charge is 0.467 e. The van der Waals surface area contributed by atoms with Crippen molar-refractivity contribution in [2.75, 3.05) is 13.7 Å². The number of urea groups is 1. The quantitative estimate of drug-likeness (QED) is 0.0990. The van der Waals surface area contributed by atoms with Crippen LogP contribution in [0.4, 0.5) is 4.79 Å². The van der Waals surface area contributed by atoms with Gasteiger partial charge >= 0.3 is 12.0 Å². The van der Waals surface area contributed by atoms with Gasteiger partial charge in [-0.25, -0.2) is 9.59 Å². The summed E-state index contributed by atoms with van der Waals surface area (Å²) in [7, 11) is 1.31. The van der Waals surface area contributed by atoms with Gasteiger partial charge in [-0.2, -0.15) is 0 Å². The molecule has 7 rings (SSSR count). The van der Waals surface area contributed by atoms with Crippen molar-refractivity contribution in [1.82, 2.24) is 20.9 Å². The zero-order chi connectivity index (χ0) is 43.8. The first-order chi connectivity index (χ1) is 29.9. The molecule has 1 saturated carbocycles. The Hall–Kier alpha value is -5.07. The van der Waals surface area contributed by atoms with Crippen LogP contribution < -0.4 is 16.0 Å². The normalized spacial score (nSPS) is 24.6. The summed E-state index contributed by atoms with van der Waals surface area (Å²) in [4.78, 5) is 41.9. The van der Waals surface area contributed by atoms with E-state index in [1.54, 1.807) is 0 Å². The van der Waals surface area contributed by atoms with Crippen molar-refractivity contribution in [1.29, 1.82) is 0 Å². The van der Waals surface area contributed by atoms with Crippen LogP contribution in [-0.4, -0.2) is 71.3 Å². The number of fused-ring (bicyclic) bond motifs is 1. The molecule has 4 N–H and O–H groups in total. The number of nitrogens with one attached hydrogen (secondary N) is 3. The Kier molecular flexibility index (Phi) is 14.8. The molecule has 4 aromatic carbocycles. The van der Waals surface area contributed by atoms with Gasteiger partial charge in [0.2, 0.25) is 5.91 Å². The molecule has 3 fully saturated rings. The van der Waals surface area contributed by atoms with E-state index in [9.17, 15) is 19.5 Å². The predicted octanol–water partition coefficient (Wildman–Crippen LogP) is 8.16. The molecule has 3 amide bonds. The number of carbonyl (C=O) groups excluding carboxylic acids is 3. The number of nitrogens with zero attached hydrogens (tertiary/aromatic N) is 1. The summed E-state index contributed by atoms with van der Waals surface area (Å²) in [6, 6.07) is 32.5. The average Bonchev–Trinajstić information content (AvgIpc) is 3.28. The Morgan fingerprint density at radius 3 is 2.23 bits per heavy atom. The number of hydrogen-bond acceptors (Lipinski definition) is 8. The van der Waals surface area contributed by atoms with E-state index in [2.05, 4.69) is 52.0 Å². The maximum absolute atomic E-state index is 13.9. The lowest BCUT2D eigenvalue weighted by atomic mass is 9.75. The van der Waals surface area contributed by atoms with Crippen molar-refractivity contribution in [3.8, 4) is 11.1 Å². The minimum absolute atomic E-state index is 0.0190. The number of aliphatic hydroxyl groups is 1. The summed E-state index contributed by atoms with van der Waals surface area (Å²) in [5.74, 6) is 0.149. The predicted molar refractivity (Wildman–Crippen MR) is 240 cm³/mol. The highest BCUT2D eigenvalue weighted by atomic mass is 16.7. The first-order valence-corrected chi connectivity index (χ1v) is 22.3. The van der Waals surface area contributed by atoms with E-state index in [-0.39, 0.29) is 48.8 Å². The molecule has 8 atom stereocenters. The molecular formula is C51H64N4O7. The zero-order valence-corrected chi connectivity index (χ0v) is 36.8. The van der Waals surface area contributed by atoms with E-state index in [4.69, 9.17) is 14.2 Å². The fourth-order valence-electron chi connectivity index (χ4n) is 9.53. The summed E-state index contributed by atoms with van der Waals surface area (Å²) in [5.41, 5.74) is 6.23. The van der Waals surface area contributed by atoms with Crippen LogP contribution in [0.5, 0.6) is 0 Å². The number of hydrogen-bond donors (Lipinski definition) is 4. The van der Waals surface area contributed by atoms with Crippen LogP contribution in [-0.2, 0) is 43.4 Å². The van der Waals surface area contributed by atoms with Gasteiger partial charge < -0.3 is 35.3 Å². The van der Waals surface area contributed by atoms with Crippen molar-refractivity contribution in [3.05, 3.63) is 131 Å². The molecule has 8 unspecified atom stereocenters. The van der Waals surface area contributed by atoms with Crippen LogP contribution in [0.2, 0.25) is 0 Å². The number of benzene rings is 4. The second-order valence-corrected chi connectivity index (χ2v) is 18.4. The summed E-state index contributed by atoms with van der Waals surface area (Å²) >= 11 is 0. The van der Waals surface area contributed by atoms with E-state index in [1.807, 2.05) is 99.6 Å². The summed E-state index contributed by atoms with van der Waals surface area (Å²) in [6.45, 7) is 9.18. The number of ether oxygens (including phenoxy) is 3. The summed E-state index contributed by atoms with van der Waals surface area (Å²) < 4.78 is 18.8. The van der Waals surface area contributed by atoms with Crippen LogP contribution in [0.3, 0.4) is 0 Å². The van der Waals surface area contributed by atoms with E-state index in [0.29, 0.717) is 24.9 Å².